The van der Waals surface area contributed by atoms with E-state index in [1.54, 1.807) is 41.3 Å². The number of rotatable bonds is 8. The SMILES string of the molecule is COc1cc(Nc2nc3ccccc3nc2NS(=O)(=O)c2ccc(C(=O)N3CCOCC3)nc2)cc(OC)c1. The number of carbonyl (C=O) groups is 1. The lowest BCUT2D eigenvalue weighted by molar-refractivity contribution is 0.0299. The van der Waals surface area contributed by atoms with Gasteiger partial charge in [0.1, 0.15) is 22.1 Å². The molecule has 1 fully saturated rings. The first-order chi connectivity index (χ1) is 18.9. The number of ether oxygens (including phenoxy) is 3. The number of pyridine rings is 1. The van der Waals surface area contributed by atoms with Crippen molar-refractivity contribution >= 4 is 44.3 Å². The number of carbonyl (C=O) groups excluding carboxylic acids is 1. The molecule has 2 aromatic carbocycles. The van der Waals surface area contributed by atoms with Crippen LogP contribution < -0.4 is 19.5 Å². The first kappa shape index (κ1) is 26.1. The lowest BCUT2D eigenvalue weighted by atomic mass is 10.2. The Morgan fingerprint density at radius 1 is 0.923 bits per heavy atom. The van der Waals surface area contributed by atoms with Gasteiger partial charge < -0.3 is 24.4 Å². The highest BCUT2D eigenvalue weighted by molar-refractivity contribution is 7.92. The maximum Gasteiger partial charge on any atom is 0.272 e. The second-order valence-corrected chi connectivity index (χ2v) is 10.2. The van der Waals surface area contributed by atoms with Crippen molar-refractivity contribution in [1.82, 2.24) is 19.9 Å². The summed E-state index contributed by atoms with van der Waals surface area (Å²) in [5.41, 5.74) is 1.75. The van der Waals surface area contributed by atoms with Gasteiger partial charge in [-0.05, 0) is 24.3 Å². The zero-order valence-corrected chi connectivity index (χ0v) is 22.1. The molecule has 0 spiro atoms. The number of nitrogens with one attached hydrogen (secondary N) is 2. The van der Waals surface area contributed by atoms with Crippen LogP contribution in [0.15, 0.2) is 65.7 Å². The summed E-state index contributed by atoms with van der Waals surface area (Å²) in [6, 6.07) is 14.9. The Morgan fingerprint density at radius 3 is 2.15 bits per heavy atom. The predicted octanol–water partition coefficient (Wildman–Crippen LogP) is 3.06. The number of para-hydroxylation sites is 2. The molecule has 0 saturated carbocycles. The largest absolute Gasteiger partial charge is 0.497 e. The summed E-state index contributed by atoms with van der Waals surface area (Å²) < 4.78 is 45.1. The van der Waals surface area contributed by atoms with Crippen molar-refractivity contribution in [2.24, 2.45) is 0 Å². The molecule has 0 aliphatic carbocycles. The number of hydrogen-bond acceptors (Lipinski definition) is 10. The van der Waals surface area contributed by atoms with Crippen molar-refractivity contribution in [3.05, 3.63) is 66.5 Å². The van der Waals surface area contributed by atoms with Crippen molar-refractivity contribution in [2.75, 3.05) is 50.6 Å². The fourth-order valence-electron chi connectivity index (χ4n) is 3.96. The molecule has 12 nitrogen and oxygen atoms in total. The van der Waals surface area contributed by atoms with Crippen LogP contribution >= 0.6 is 0 Å². The molecule has 202 valence electrons. The molecule has 3 heterocycles. The first-order valence-electron chi connectivity index (χ1n) is 12.0. The second kappa shape index (κ2) is 11.1. The van der Waals surface area contributed by atoms with Crippen molar-refractivity contribution in [1.29, 1.82) is 0 Å². The summed E-state index contributed by atoms with van der Waals surface area (Å²) in [7, 11) is -1.08. The van der Waals surface area contributed by atoms with E-state index in [0.717, 1.165) is 6.20 Å². The molecule has 39 heavy (non-hydrogen) atoms. The van der Waals surface area contributed by atoms with Crippen molar-refractivity contribution in [3.63, 3.8) is 0 Å². The number of benzene rings is 2. The fraction of sp³-hybridized carbons (Fsp3) is 0.231. The van der Waals surface area contributed by atoms with Crippen LogP contribution in [-0.4, -0.2) is 74.7 Å². The standard InChI is InChI=1S/C26H26N6O6S/c1-36-18-13-17(14-19(15-18)37-2)28-24-25(30-22-6-4-3-5-21(22)29-24)31-39(34,35)20-7-8-23(27-16-20)26(33)32-9-11-38-12-10-32/h3-8,13-16H,9-12H2,1-2H3,(H,28,29)(H,30,31). The van der Waals surface area contributed by atoms with Gasteiger partial charge in [0.25, 0.3) is 15.9 Å². The minimum Gasteiger partial charge on any atom is -0.497 e. The van der Waals surface area contributed by atoms with E-state index in [9.17, 15) is 13.2 Å². The lowest BCUT2D eigenvalue weighted by Crippen LogP contribution is -2.41. The third kappa shape index (κ3) is 5.84. The highest BCUT2D eigenvalue weighted by Gasteiger charge is 2.23. The average molecular weight is 551 g/mol. The molecule has 13 heteroatoms. The van der Waals surface area contributed by atoms with E-state index in [2.05, 4.69) is 25.0 Å². The Hall–Kier alpha value is -4.49. The molecule has 0 atom stereocenters. The molecule has 0 radical (unpaired) electrons. The molecule has 4 aromatic rings. The maximum absolute atomic E-state index is 13.3. The summed E-state index contributed by atoms with van der Waals surface area (Å²) in [5.74, 6) is 0.926. The summed E-state index contributed by atoms with van der Waals surface area (Å²) in [5, 5.41) is 3.11. The van der Waals surface area contributed by atoms with Gasteiger partial charge >= 0.3 is 0 Å². The smallest absolute Gasteiger partial charge is 0.272 e. The third-order valence-corrected chi connectivity index (χ3v) is 7.30. The average Bonchev–Trinajstić information content (AvgIpc) is 2.97. The molecular weight excluding hydrogens is 524 g/mol. The summed E-state index contributed by atoms with van der Waals surface area (Å²) >= 11 is 0. The van der Waals surface area contributed by atoms with Gasteiger partial charge in [0.05, 0.1) is 38.5 Å². The summed E-state index contributed by atoms with van der Waals surface area (Å²) in [4.78, 5) is 27.4. The third-order valence-electron chi connectivity index (χ3n) is 5.98. The Kier molecular flexibility index (Phi) is 7.43. The van der Waals surface area contributed by atoms with E-state index in [-0.39, 0.29) is 28.1 Å². The highest BCUT2D eigenvalue weighted by Crippen LogP contribution is 2.31. The van der Waals surface area contributed by atoms with Crippen LogP contribution in [0.4, 0.5) is 17.3 Å². The van der Waals surface area contributed by atoms with Gasteiger partial charge in [-0.3, -0.25) is 9.52 Å². The monoisotopic (exact) mass is 550 g/mol. The zero-order valence-electron chi connectivity index (χ0n) is 21.2. The van der Waals surface area contributed by atoms with Crippen LogP contribution in [0, 0.1) is 0 Å². The first-order valence-corrected chi connectivity index (χ1v) is 13.5. The van der Waals surface area contributed by atoms with Gasteiger partial charge in [-0.2, -0.15) is 0 Å². The second-order valence-electron chi connectivity index (χ2n) is 8.53. The highest BCUT2D eigenvalue weighted by atomic mass is 32.2. The quantitative estimate of drug-likeness (QED) is 0.336. The Balaban J connectivity index is 1.45. The molecule has 0 bridgehead atoms. The van der Waals surface area contributed by atoms with Gasteiger partial charge in [-0.25, -0.2) is 23.4 Å². The van der Waals surface area contributed by atoms with E-state index in [1.165, 1.54) is 26.4 Å². The van der Waals surface area contributed by atoms with Gasteiger partial charge in [-0.1, -0.05) is 12.1 Å². The van der Waals surface area contributed by atoms with E-state index < -0.39 is 10.0 Å². The van der Waals surface area contributed by atoms with E-state index >= 15 is 0 Å². The molecule has 1 saturated heterocycles. The predicted molar refractivity (Wildman–Crippen MR) is 144 cm³/mol. The number of anilines is 3. The van der Waals surface area contributed by atoms with Crippen LogP contribution in [0.5, 0.6) is 11.5 Å². The topological polar surface area (TPSA) is 145 Å². The van der Waals surface area contributed by atoms with Gasteiger partial charge in [-0.15, -0.1) is 0 Å². The molecule has 1 aliphatic rings. The van der Waals surface area contributed by atoms with E-state index in [4.69, 9.17) is 14.2 Å². The number of amides is 1. The number of sulfonamides is 1. The van der Waals surface area contributed by atoms with Crippen LogP contribution in [-0.2, 0) is 14.8 Å². The molecular formula is C26H26N6O6S. The Labute approximate surface area is 225 Å². The van der Waals surface area contributed by atoms with Crippen molar-refractivity contribution < 1.29 is 27.4 Å². The number of morpholine rings is 1. The number of nitrogens with zero attached hydrogens (tertiary/aromatic N) is 4. The molecule has 1 amide bonds. The van der Waals surface area contributed by atoms with Gasteiger partial charge in [0.2, 0.25) is 0 Å². The molecule has 2 aromatic heterocycles. The van der Waals surface area contributed by atoms with Crippen LogP contribution in [0.2, 0.25) is 0 Å². The molecule has 5 rings (SSSR count). The molecule has 2 N–H and O–H groups in total. The zero-order chi connectivity index (χ0) is 27.4. The maximum atomic E-state index is 13.3. The van der Waals surface area contributed by atoms with E-state index in [1.807, 2.05) is 6.07 Å². The Morgan fingerprint density at radius 2 is 1.56 bits per heavy atom. The number of methoxy groups -OCH3 is 2. The van der Waals surface area contributed by atoms with Crippen LogP contribution in [0.3, 0.4) is 0 Å². The molecule has 1 aliphatic heterocycles. The number of aromatic nitrogens is 3. The van der Waals surface area contributed by atoms with E-state index in [0.29, 0.717) is 54.5 Å². The number of fused-ring (bicyclic) bond motifs is 1. The van der Waals surface area contributed by atoms with Crippen molar-refractivity contribution in [2.45, 2.75) is 4.90 Å². The lowest BCUT2D eigenvalue weighted by Gasteiger charge is -2.26. The van der Waals surface area contributed by atoms with Crippen LogP contribution in [0.25, 0.3) is 11.0 Å². The van der Waals surface area contributed by atoms with Crippen molar-refractivity contribution in [3.8, 4) is 11.5 Å². The summed E-state index contributed by atoms with van der Waals surface area (Å²) in [6.07, 6.45) is 1.14. The minimum atomic E-state index is -4.14. The van der Waals surface area contributed by atoms with Gasteiger partial charge in [0.15, 0.2) is 11.6 Å². The normalized spacial score (nSPS) is 13.6. The fourth-order valence-corrected chi connectivity index (χ4v) is 4.91. The molecule has 0 unspecified atom stereocenters. The summed E-state index contributed by atoms with van der Waals surface area (Å²) in [6.45, 7) is 1.82. The van der Waals surface area contributed by atoms with Crippen LogP contribution in [0.1, 0.15) is 10.5 Å². The minimum absolute atomic E-state index is 0.0241. The van der Waals surface area contributed by atoms with Gasteiger partial charge in [0, 0.05) is 43.2 Å². The Bertz CT molecular complexity index is 1590. The number of hydrogen-bond donors (Lipinski definition) is 2.